The Labute approximate surface area is 128 Å². The summed E-state index contributed by atoms with van der Waals surface area (Å²) in [5, 5.41) is 13.2. The van der Waals surface area contributed by atoms with Crippen LogP contribution in [0.4, 0.5) is 0 Å². The van der Waals surface area contributed by atoms with Gasteiger partial charge in [-0.2, -0.15) is 0 Å². The molecule has 2 N–H and O–H groups in total. The summed E-state index contributed by atoms with van der Waals surface area (Å²) in [7, 11) is 0. The van der Waals surface area contributed by atoms with Crippen LogP contribution in [0, 0.1) is 0 Å². The fourth-order valence-corrected chi connectivity index (χ4v) is 2.67. The standard InChI is InChI=1S/C17H28N2O2/c1-5-19(6-2)13-12-17(16(20)21,18-14(3)4)15-10-8-7-9-11-15/h7-11,14,18H,5-6,12-13H2,1-4H3,(H,20,21). The first-order valence-corrected chi connectivity index (χ1v) is 7.75. The smallest absolute Gasteiger partial charge is 0.328 e. The maximum Gasteiger partial charge on any atom is 0.328 e. The molecule has 0 aliphatic rings. The summed E-state index contributed by atoms with van der Waals surface area (Å²) in [5.41, 5.74) is -0.212. The molecule has 0 spiro atoms. The van der Waals surface area contributed by atoms with Gasteiger partial charge in [0.1, 0.15) is 5.54 Å². The molecule has 1 rings (SSSR count). The molecule has 1 aromatic rings. The molecule has 0 radical (unpaired) electrons. The number of rotatable bonds is 9. The number of carboxylic acids is 1. The Kier molecular flexibility index (Phi) is 6.85. The minimum Gasteiger partial charge on any atom is -0.480 e. The van der Waals surface area contributed by atoms with E-state index in [2.05, 4.69) is 24.1 Å². The van der Waals surface area contributed by atoms with Crippen LogP contribution in [0.1, 0.15) is 39.7 Å². The third-order valence-electron chi connectivity index (χ3n) is 3.86. The molecule has 0 aliphatic heterocycles. The normalized spacial score (nSPS) is 14.4. The second-order valence-corrected chi connectivity index (χ2v) is 5.65. The lowest BCUT2D eigenvalue weighted by Crippen LogP contribution is -2.53. The minimum atomic E-state index is -1.03. The molecular weight excluding hydrogens is 264 g/mol. The Hall–Kier alpha value is -1.39. The van der Waals surface area contributed by atoms with Gasteiger partial charge in [0.05, 0.1) is 0 Å². The van der Waals surface area contributed by atoms with Crippen LogP contribution in [0.3, 0.4) is 0 Å². The van der Waals surface area contributed by atoms with Gasteiger partial charge in [0.25, 0.3) is 0 Å². The molecule has 118 valence electrons. The van der Waals surface area contributed by atoms with E-state index >= 15 is 0 Å². The first-order valence-electron chi connectivity index (χ1n) is 7.75. The zero-order chi connectivity index (χ0) is 15.9. The van der Waals surface area contributed by atoms with Crippen LogP contribution >= 0.6 is 0 Å². The van der Waals surface area contributed by atoms with Gasteiger partial charge in [-0.15, -0.1) is 0 Å². The highest BCUT2D eigenvalue weighted by molar-refractivity contribution is 5.80. The quantitative estimate of drug-likeness (QED) is 0.735. The van der Waals surface area contributed by atoms with Crippen molar-refractivity contribution in [2.75, 3.05) is 19.6 Å². The fourth-order valence-electron chi connectivity index (χ4n) is 2.67. The van der Waals surface area contributed by atoms with Crippen LogP contribution in [0.25, 0.3) is 0 Å². The lowest BCUT2D eigenvalue weighted by atomic mass is 9.85. The number of carboxylic acid groups (broad SMARTS) is 1. The van der Waals surface area contributed by atoms with Crippen molar-refractivity contribution in [3.8, 4) is 0 Å². The largest absolute Gasteiger partial charge is 0.480 e. The second-order valence-electron chi connectivity index (χ2n) is 5.65. The van der Waals surface area contributed by atoms with Gasteiger partial charge in [0.15, 0.2) is 0 Å². The van der Waals surface area contributed by atoms with Crippen molar-refractivity contribution in [1.29, 1.82) is 0 Å². The first-order chi connectivity index (χ1) is 9.96. The van der Waals surface area contributed by atoms with Gasteiger partial charge in [-0.3, -0.25) is 5.32 Å². The molecule has 1 aromatic carbocycles. The van der Waals surface area contributed by atoms with Crippen LogP contribution < -0.4 is 5.32 Å². The molecule has 0 saturated carbocycles. The van der Waals surface area contributed by atoms with Gasteiger partial charge < -0.3 is 10.0 Å². The molecule has 0 bridgehead atoms. The SMILES string of the molecule is CCN(CC)CCC(NC(C)C)(C(=O)O)c1ccccc1. The van der Waals surface area contributed by atoms with Gasteiger partial charge in [-0.05, 0) is 38.9 Å². The average molecular weight is 292 g/mol. The van der Waals surface area contributed by atoms with Crippen LogP contribution in [0.5, 0.6) is 0 Å². The Morgan fingerprint density at radius 3 is 2.24 bits per heavy atom. The summed E-state index contributed by atoms with van der Waals surface area (Å²) < 4.78 is 0. The van der Waals surface area contributed by atoms with E-state index in [0.717, 1.165) is 25.2 Å². The highest BCUT2D eigenvalue weighted by Crippen LogP contribution is 2.27. The summed E-state index contributed by atoms with van der Waals surface area (Å²) in [6.07, 6.45) is 0.548. The lowest BCUT2D eigenvalue weighted by Gasteiger charge is -2.35. The number of nitrogens with zero attached hydrogens (tertiary/aromatic N) is 1. The zero-order valence-electron chi connectivity index (χ0n) is 13.6. The third kappa shape index (κ3) is 4.55. The number of benzene rings is 1. The fraction of sp³-hybridized carbons (Fsp3) is 0.588. The zero-order valence-corrected chi connectivity index (χ0v) is 13.6. The van der Waals surface area contributed by atoms with E-state index < -0.39 is 11.5 Å². The summed E-state index contributed by atoms with van der Waals surface area (Å²) in [4.78, 5) is 14.3. The maximum atomic E-state index is 12.1. The van der Waals surface area contributed by atoms with Crippen molar-refractivity contribution in [1.82, 2.24) is 10.2 Å². The molecule has 4 heteroatoms. The number of aliphatic carboxylic acids is 1. The molecule has 0 heterocycles. The average Bonchev–Trinajstić information content (AvgIpc) is 2.47. The maximum absolute atomic E-state index is 12.1. The molecule has 4 nitrogen and oxygen atoms in total. The van der Waals surface area contributed by atoms with Gasteiger partial charge in [-0.25, -0.2) is 4.79 Å². The van der Waals surface area contributed by atoms with Crippen LogP contribution in [0.15, 0.2) is 30.3 Å². The monoisotopic (exact) mass is 292 g/mol. The summed E-state index contributed by atoms with van der Waals surface area (Å²) in [6, 6.07) is 9.59. The van der Waals surface area contributed by atoms with Gasteiger partial charge >= 0.3 is 5.97 Å². The number of hydrogen-bond donors (Lipinski definition) is 2. The molecule has 0 aromatic heterocycles. The van der Waals surface area contributed by atoms with E-state index in [4.69, 9.17) is 0 Å². The summed E-state index contributed by atoms with van der Waals surface area (Å²) in [5.74, 6) is -0.811. The van der Waals surface area contributed by atoms with Gasteiger partial charge in [0, 0.05) is 12.6 Å². The van der Waals surface area contributed by atoms with Gasteiger partial charge in [-0.1, -0.05) is 44.2 Å². The van der Waals surface area contributed by atoms with Crippen molar-refractivity contribution < 1.29 is 9.90 Å². The van der Waals surface area contributed by atoms with E-state index in [1.807, 2.05) is 44.2 Å². The third-order valence-corrected chi connectivity index (χ3v) is 3.86. The minimum absolute atomic E-state index is 0.0954. The van der Waals surface area contributed by atoms with Crippen LogP contribution in [-0.4, -0.2) is 41.7 Å². The number of carbonyl (C=O) groups is 1. The van der Waals surface area contributed by atoms with Crippen molar-refractivity contribution >= 4 is 5.97 Å². The first kappa shape index (κ1) is 17.7. The Morgan fingerprint density at radius 1 is 1.24 bits per heavy atom. The number of nitrogens with one attached hydrogen (secondary N) is 1. The predicted octanol–water partition coefficient (Wildman–Crippen LogP) is 2.70. The van der Waals surface area contributed by atoms with E-state index in [0.29, 0.717) is 6.42 Å². The van der Waals surface area contributed by atoms with E-state index in [9.17, 15) is 9.90 Å². The van der Waals surface area contributed by atoms with Crippen molar-refractivity contribution in [2.24, 2.45) is 0 Å². The molecule has 1 atom stereocenters. The summed E-state index contributed by atoms with van der Waals surface area (Å²) in [6.45, 7) is 10.8. The predicted molar refractivity (Wildman–Crippen MR) is 86.4 cm³/mol. The van der Waals surface area contributed by atoms with Crippen molar-refractivity contribution in [2.45, 2.75) is 45.7 Å². The van der Waals surface area contributed by atoms with Crippen molar-refractivity contribution in [3.63, 3.8) is 0 Å². The highest BCUT2D eigenvalue weighted by atomic mass is 16.4. The summed E-state index contributed by atoms with van der Waals surface area (Å²) >= 11 is 0. The van der Waals surface area contributed by atoms with E-state index in [1.54, 1.807) is 0 Å². The van der Waals surface area contributed by atoms with E-state index in [1.165, 1.54) is 0 Å². The van der Waals surface area contributed by atoms with Crippen LogP contribution in [0.2, 0.25) is 0 Å². The molecule has 0 aliphatic carbocycles. The van der Waals surface area contributed by atoms with Crippen molar-refractivity contribution in [3.05, 3.63) is 35.9 Å². The highest BCUT2D eigenvalue weighted by Gasteiger charge is 2.40. The number of hydrogen-bond acceptors (Lipinski definition) is 3. The molecule has 21 heavy (non-hydrogen) atoms. The second kappa shape index (κ2) is 8.15. The lowest BCUT2D eigenvalue weighted by molar-refractivity contribution is -0.146. The Balaban J connectivity index is 3.10. The molecule has 0 fully saturated rings. The molecule has 0 saturated heterocycles. The van der Waals surface area contributed by atoms with Crippen LogP contribution in [-0.2, 0) is 10.3 Å². The molecular formula is C17H28N2O2. The topological polar surface area (TPSA) is 52.6 Å². The molecule has 1 unspecified atom stereocenters. The van der Waals surface area contributed by atoms with E-state index in [-0.39, 0.29) is 6.04 Å². The molecule has 0 amide bonds. The Bertz CT molecular complexity index is 430. The Morgan fingerprint density at radius 2 is 1.81 bits per heavy atom. The van der Waals surface area contributed by atoms with Gasteiger partial charge in [0.2, 0.25) is 0 Å².